The Morgan fingerprint density at radius 2 is 1.96 bits per heavy atom. The van der Waals surface area contributed by atoms with Crippen molar-refractivity contribution in [3.63, 3.8) is 0 Å². The van der Waals surface area contributed by atoms with E-state index in [1.165, 1.54) is 6.21 Å². The summed E-state index contributed by atoms with van der Waals surface area (Å²) in [4.78, 5) is 35.1. The van der Waals surface area contributed by atoms with E-state index in [1.807, 2.05) is 30.3 Å². The number of H-pyrrole nitrogens is 1. The predicted octanol–water partition coefficient (Wildman–Crippen LogP) is 2.24. The lowest BCUT2D eigenvalue weighted by molar-refractivity contribution is 0.0945. The van der Waals surface area contributed by atoms with Crippen LogP contribution in [-0.4, -0.2) is 27.1 Å². The summed E-state index contributed by atoms with van der Waals surface area (Å²) < 4.78 is 0. The Morgan fingerprint density at radius 1 is 1.08 bits per heavy atom. The molecule has 0 radical (unpaired) electrons. The van der Waals surface area contributed by atoms with Crippen LogP contribution in [-0.2, 0) is 0 Å². The Balaban J connectivity index is 1.54. The van der Waals surface area contributed by atoms with Crippen LogP contribution in [0.3, 0.4) is 0 Å². The third-order valence-corrected chi connectivity index (χ3v) is 3.84. The molecule has 2 aromatic heterocycles. The summed E-state index contributed by atoms with van der Waals surface area (Å²) in [6.45, 7) is 0. The Bertz CT molecular complexity index is 1210. The van der Waals surface area contributed by atoms with Crippen LogP contribution >= 0.6 is 0 Å². The van der Waals surface area contributed by atoms with Gasteiger partial charge in [-0.25, -0.2) is 10.4 Å². The molecule has 0 fully saturated rings. The van der Waals surface area contributed by atoms with Crippen molar-refractivity contribution < 1.29 is 4.79 Å². The molecule has 4 rings (SSSR count). The first-order valence-corrected chi connectivity index (χ1v) is 7.88. The first kappa shape index (κ1) is 15.6. The number of aromatic nitrogens is 3. The van der Waals surface area contributed by atoms with Crippen LogP contribution in [0.15, 0.2) is 70.7 Å². The lowest BCUT2D eigenvalue weighted by atomic mass is 10.1. The third-order valence-electron chi connectivity index (χ3n) is 3.84. The summed E-state index contributed by atoms with van der Waals surface area (Å²) in [5.41, 5.74) is 4.07. The van der Waals surface area contributed by atoms with Crippen molar-refractivity contribution in [2.45, 2.75) is 0 Å². The van der Waals surface area contributed by atoms with Crippen molar-refractivity contribution in [1.82, 2.24) is 20.4 Å². The van der Waals surface area contributed by atoms with Crippen LogP contribution in [0.25, 0.3) is 21.8 Å². The first-order chi connectivity index (χ1) is 12.7. The standard InChI is InChI=1S/C19H13N5O2/c25-18-14-5-1-2-6-15(14)22-17(23-18)19(26)24-21-11-12-7-8-13-4-3-9-20-16(13)10-12/h1-11H,(H,24,26)(H,22,23,25)/b21-11-. The zero-order valence-electron chi connectivity index (χ0n) is 13.5. The van der Waals surface area contributed by atoms with Gasteiger partial charge in [0.1, 0.15) is 0 Å². The van der Waals surface area contributed by atoms with Crippen molar-refractivity contribution in [3.8, 4) is 0 Å². The lowest BCUT2D eigenvalue weighted by Crippen LogP contribution is -2.24. The van der Waals surface area contributed by atoms with Gasteiger partial charge >= 0.3 is 5.91 Å². The van der Waals surface area contributed by atoms with Gasteiger partial charge < -0.3 is 4.98 Å². The van der Waals surface area contributed by atoms with Gasteiger partial charge in [-0.05, 0) is 29.8 Å². The number of hydrogen-bond acceptors (Lipinski definition) is 5. The topological polar surface area (TPSA) is 100 Å². The number of para-hydroxylation sites is 1. The van der Waals surface area contributed by atoms with Gasteiger partial charge in [0.05, 0.1) is 22.6 Å². The van der Waals surface area contributed by atoms with Gasteiger partial charge in [-0.15, -0.1) is 0 Å². The van der Waals surface area contributed by atoms with Gasteiger partial charge in [-0.3, -0.25) is 14.6 Å². The number of benzene rings is 2. The number of nitrogens with one attached hydrogen (secondary N) is 2. The van der Waals surface area contributed by atoms with Crippen LogP contribution in [0.4, 0.5) is 0 Å². The fourth-order valence-electron chi connectivity index (χ4n) is 2.58. The van der Waals surface area contributed by atoms with E-state index < -0.39 is 5.91 Å². The van der Waals surface area contributed by atoms with Crippen LogP contribution in [0.5, 0.6) is 0 Å². The van der Waals surface area contributed by atoms with Crippen molar-refractivity contribution in [2.75, 3.05) is 0 Å². The van der Waals surface area contributed by atoms with E-state index in [-0.39, 0.29) is 11.4 Å². The Kier molecular flexibility index (Phi) is 3.95. The molecule has 2 heterocycles. The Hall–Kier alpha value is -3.87. The van der Waals surface area contributed by atoms with Crippen LogP contribution in [0.1, 0.15) is 16.2 Å². The number of fused-ring (bicyclic) bond motifs is 2. The molecule has 1 amide bonds. The van der Waals surface area contributed by atoms with Crippen LogP contribution in [0, 0.1) is 0 Å². The molecule has 0 aliphatic rings. The van der Waals surface area contributed by atoms with Crippen molar-refractivity contribution in [3.05, 3.63) is 82.5 Å². The second-order valence-electron chi connectivity index (χ2n) is 5.59. The highest BCUT2D eigenvalue weighted by molar-refractivity contribution is 5.94. The number of nitrogens with zero attached hydrogens (tertiary/aromatic N) is 3. The monoisotopic (exact) mass is 343 g/mol. The largest absolute Gasteiger partial charge is 0.307 e. The van der Waals surface area contributed by atoms with E-state index in [0.717, 1.165) is 16.5 Å². The zero-order valence-corrected chi connectivity index (χ0v) is 13.5. The summed E-state index contributed by atoms with van der Waals surface area (Å²) in [5.74, 6) is -0.686. The Labute approximate surface area is 147 Å². The maximum Gasteiger partial charge on any atom is 0.307 e. The summed E-state index contributed by atoms with van der Waals surface area (Å²) in [6.07, 6.45) is 3.22. The van der Waals surface area contributed by atoms with Gasteiger partial charge in [-0.2, -0.15) is 5.10 Å². The highest BCUT2D eigenvalue weighted by atomic mass is 16.2. The van der Waals surface area contributed by atoms with E-state index in [0.29, 0.717) is 10.9 Å². The number of carbonyl (C=O) groups is 1. The lowest BCUT2D eigenvalue weighted by Gasteiger charge is -2.02. The number of aromatic amines is 1. The van der Waals surface area contributed by atoms with Gasteiger partial charge in [-0.1, -0.05) is 30.3 Å². The smallest absolute Gasteiger partial charge is 0.302 e. The number of pyridine rings is 1. The minimum absolute atomic E-state index is 0.0916. The quantitative estimate of drug-likeness (QED) is 0.440. The summed E-state index contributed by atoms with van der Waals surface area (Å²) in [6, 6.07) is 16.3. The van der Waals surface area contributed by atoms with E-state index in [4.69, 9.17) is 0 Å². The molecule has 7 heteroatoms. The SMILES string of the molecule is O=C(N/N=C\c1ccc2cccnc2c1)c1nc2ccccc2c(=O)[nH]1. The van der Waals surface area contributed by atoms with E-state index in [9.17, 15) is 9.59 Å². The summed E-state index contributed by atoms with van der Waals surface area (Å²) >= 11 is 0. The normalized spacial score (nSPS) is 11.2. The second kappa shape index (κ2) is 6.56. The molecule has 2 aromatic carbocycles. The number of hydrogen-bond donors (Lipinski definition) is 2. The van der Waals surface area contributed by atoms with Crippen molar-refractivity contribution >= 4 is 33.9 Å². The molecule has 0 spiro atoms. The maximum atomic E-state index is 12.2. The predicted molar refractivity (Wildman–Crippen MR) is 99.2 cm³/mol. The minimum Gasteiger partial charge on any atom is -0.302 e. The molecular formula is C19H13N5O2. The molecule has 2 N–H and O–H groups in total. The molecule has 0 aliphatic carbocycles. The fourth-order valence-corrected chi connectivity index (χ4v) is 2.58. The molecule has 0 saturated heterocycles. The molecule has 0 atom stereocenters. The molecule has 0 unspecified atom stereocenters. The van der Waals surface area contributed by atoms with Gasteiger partial charge in [0, 0.05) is 11.6 Å². The van der Waals surface area contributed by atoms with Crippen LogP contribution < -0.4 is 11.0 Å². The van der Waals surface area contributed by atoms with Crippen LogP contribution in [0.2, 0.25) is 0 Å². The molecule has 0 bridgehead atoms. The Morgan fingerprint density at radius 3 is 2.88 bits per heavy atom. The minimum atomic E-state index is -0.594. The molecule has 126 valence electrons. The maximum absolute atomic E-state index is 12.2. The second-order valence-corrected chi connectivity index (χ2v) is 5.59. The third kappa shape index (κ3) is 3.05. The molecule has 7 nitrogen and oxygen atoms in total. The summed E-state index contributed by atoms with van der Waals surface area (Å²) in [7, 11) is 0. The molecule has 26 heavy (non-hydrogen) atoms. The van der Waals surface area contributed by atoms with Gasteiger partial charge in [0.2, 0.25) is 5.82 Å². The molecule has 0 saturated carbocycles. The number of hydrazone groups is 1. The average Bonchev–Trinajstić information content (AvgIpc) is 2.68. The number of carbonyl (C=O) groups excluding carboxylic acids is 1. The van der Waals surface area contributed by atoms with E-state index in [2.05, 4.69) is 25.5 Å². The summed E-state index contributed by atoms with van der Waals surface area (Å²) in [5, 5.41) is 5.37. The number of amides is 1. The average molecular weight is 343 g/mol. The van der Waals surface area contributed by atoms with E-state index in [1.54, 1.807) is 30.5 Å². The van der Waals surface area contributed by atoms with Crippen molar-refractivity contribution in [1.29, 1.82) is 0 Å². The van der Waals surface area contributed by atoms with Gasteiger partial charge in [0.15, 0.2) is 0 Å². The van der Waals surface area contributed by atoms with Crippen molar-refractivity contribution in [2.24, 2.45) is 5.10 Å². The highest BCUT2D eigenvalue weighted by Crippen LogP contribution is 2.11. The zero-order chi connectivity index (χ0) is 17.9. The molecule has 0 aliphatic heterocycles. The molecular weight excluding hydrogens is 330 g/mol. The molecule has 4 aromatic rings. The van der Waals surface area contributed by atoms with E-state index >= 15 is 0 Å². The fraction of sp³-hybridized carbons (Fsp3) is 0. The highest BCUT2D eigenvalue weighted by Gasteiger charge is 2.10. The van der Waals surface area contributed by atoms with Gasteiger partial charge in [0.25, 0.3) is 5.56 Å². The first-order valence-electron chi connectivity index (χ1n) is 7.88. The number of rotatable bonds is 3.